The molecule has 2 aromatic rings. The lowest BCUT2D eigenvalue weighted by molar-refractivity contribution is -0.147. The number of hydrogen-bond acceptors (Lipinski definition) is 5. The van der Waals surface area contributed by atoms with Gasteiger partial charge in [0, 0.05) is 12.0 Å². The van der Waals surface area contributed by atoms with E-state index in [4.69, 9.17) is 4.74 Å². The van der Waals surface area contributed by atoms with Crippen LogP contribution in [-0.4, -0.2) is 24.9 Å². The van der Waals surface area contributed by atoms with Gasteiger partial charge in [0.05, 0.1) is 13.2 Å². The van der Waals surface area contributed by atoms with Crippen molar-refractivity contribution in [2.75, 3.05) is 7.11 Å². The van der Waals surface area contributed by atoms with E-state index in [1.54, 1.807) is 67.6 Å². The minimum Gasteiger partial charge on any atom is -0.468 e. The Labute approximate surface area is 157 Å². The van der Waals surface area contributed by atoms with Crippen molar-refractivity contribution in [3.05, 3.63) is 71.8 Å². The number of amides is 2. The number of imide groups is 1. The monoisotopic (exact) mass is 364 g/mol. The van der Waals surface area contributed by atoms with Gasteiger partial charge in [-0.05, 0) is 23.6 Å². The average Bonchev–Trinajstić information content (AvgIpc) is 2.70. The Balaban J connectivity index is 2.22. The zero-order valence-corrected chi connectivity index (χ0v) is 15.1. The molecule has 0 heterocycles. The number of rotatable bonds is 6. The molecule has 0 spiro atoms. The van der Waals surface area contributed by atoms with Gasteiger partial charge < -0.3 is 4.74 Å². The molecule has 2 aromatic carbocycles. The summed E-state index contributed by atoms with van der Waals surface area (Å²) in [6.45, 7) is 1.61. The van der Waals surface area contributed by atoms with Crippen LogP contribution in [0.2, 0.25) is 0 Å². The quantitative estimate of drug-likeness (QED) is 0.795. The number of nitrogens with one attached hydrogen (secondary N) is 1. The zero-order chi connectivity index (χ0) is 19.9. The van der Waals surface area contributed by atoms with Crippen LogP contribution >= 0.6 is 0 Å². The van der Waals surface area contributed by atoms with Crippen molar-refractivity contribution in [1.82, 2.24) is 5.32 Å². The highest BCUT2D eigenvalue weighted by atomic mass is 16.5. The summed E-state index contributed by atoms with van der Waals surface area (Å²) in [4.78, 5) is 37.0. The van der Waals surface area contributed by atoms with Gasteiger partial charge in [-0.3, -0.25) is 14.9 Å². The van der Waals surface area contributed by atoms with Crippen molar-refractivity contribution in [3.8, 4) is 6.07 Å². The molecule has 0 saturated heterocycles. The van der Waals surface area contributed by atoms with Crippen LogP contribution in [0.25, 0.3) is 0 Å². The molecule has 2 atom stereocenters. The van der Waals surface area contributed by atoms with Gasteiger partial charge >= 0.3 is 5.97 Å². The van der Waals surface area contributed by atoms with Crippen molar-refractivity contribution in [3.63, 3.8) is 0 Å². The molecule has 0 aliphatic rings. The molecule has 138 valence electrons. The van der Waals surface area contributed by atoms with Gasteiger partial charge in [0.25, 0.3) is 5.91 Å². The molecule has 6 nitrogen and oxygen atoms in total. The fourth-order valence-electron chi connectivity index (χ4n) is 2.96. The maximum Gasteiger partial charge on any atom is 0.331 e. The molecule has 0 radical (unpaired) electrons. The van der Waals surface area contributed by atoms with Gasteiger partial charge in [0.15, 0.2) is 5.41 Å². The first-order valence-electron chi connectivity index (χ1n) is 8.40. The molecular formula is C21H20N2O4. The lowest BCUT2D eigenvalue weighted by Gasteiger charge is -2.30. The van der Waals surface area contributed by atoms with Gasteiger partial charge in [-0.15, -0.1) is 0 Å². The minimum absolute atomic E-state index is 0.198. The molecule has 0 aromatic heterocycles. The van der Waals surface area contributed by atoms with Gasteiger partial charge in [0.1, 0.15) is 0 Å². The van der Waals surface area contributed by atoms with Crippen LogP contribution in [0.1, 0.15) is 29.3 Å². The highest BCUT2D eigenvalue weighted by Gasteiger charge is 2.47. The first kappa shape index (κ1) is 19.9. The maximum atomic E-state index is 12.5. The Morgan fingerprint density at radius 2 is 1.63 bits per heavy atom. The molecule has 0 fully saturated rings. The van der Waals surface area contributed by atoms with Gasteiger partial charge in [-0.2, -0.15) is 5.26 Å². The smallest absolute Gasteiger partial charge is 0.331 e. The van der Waals surface area contributed by atoms with Gasteiger partial charge in [0.2, 0.25) is 5.91 Å². The predicted octanol–water partition coefficient (Wildman–Crippen LogP) is 2.60. The molecule has 0 aliphatic heterocycles. The van der Waals surface area contributed by atoms with E-state index in [9.17, 15) is 19.6 Å². The summed E-state index contributed by atoms with van der Waals surface area (Å²) < 4.78 is 4.85. The predicted molar refractivity (Wildman–Crippen MR) is 98.4 cm³/mol. The number of carbonyl (C=O) groups excluding carboxylic acids is 3. The fraction of sp³-hybridized carbons (Fsp3) is 0.238. The Kier molecular flexibility index (Phi) is 6.45. The van der Waals surface area contributed by atoms with E-state index < -0.39 is 29.1 Å². The molecule has 0 saturated carbocycles. The highest BCUT2D eigenvalue weighted by molar-refractivity contribution is 6.04. The third-order valence-electron chi connectivity index (χ3n) is 4.43. The van der Waals surface area contributed by atoms with Gasteiger partial charge in [-0.1, -0.05) is 55.5 Å². The third-order valence-corrected chi connectivity index (χ3v) is 4.43. The summed E-state index contributed by atoms with van der Waals surface area (Å²) >= 11 is 0. The third kappa shape index (κ3) is 4.21. The van der Waals surface area contributed by atoms with Crippen molar-refractivity contribution < 1.29 is 19.1 Å². The molecule has 27 heavy (non-hydrogen) atoms. The van der Waals surface area contributed by atoms with E-state index in [1.165, 1.54) is 7.11 Å². The number of ether oxygens (including phenoxy) is 1. The number of carbonyl (C=O) groups is 3. The van der Waals surface area contributed by atoms with Crippen LogP contribution in [0.15, 0.2) is 60.7 Å². The summed E-state index contributed by atoms with van der Waals surface area (Å²) in [7, 11) is 1.20. The minimum atomic E-state index is -1.65. The van der Waals surface area contributed by atoms with E-state index >= 15 is 0 Å². The van der Waals surface area contributed by atoms with Crippen molar-refractivity contribution in [1.29, 1.82) is 5.26 Å². The highest BCUT2D eigenvalue weighted by Crippen LogP contribution is 2.35. The first-order valence-corrected chi connectivity index (χ1v) is 8.40. The summed E-state index contributed by atoms with van der Waals surface area (Å²) in [5, 5.41) is 12.1. The molecule has 2 rings (SSSR count). The Morgan fingerprint density at radius 3 is 2.15 bits per heavy atom. The lowest BCUT2D eigenvalue weighted by atomic mass is 9.70. The van der Waals surface area contributed by atoms with Gasteiger partial charge in [-0.25, -0.2) is 4.79 Å². The standard InChI is InChI=1S/C21H20N2O4/c1-15(13-18(24)23-19(25)16-9-5-3-6-10-16)21(14-22,20(26)27-2)17-11-7-4-8-12-17/h3-12,15H,13H2,1-2H3,(H,23,24,25)/t15-,21-/m0/s1. The Bertz CT molecular complexity index is 859. The maximum absolute atomic E-state index is 12.5. The second kappa shape index (κ2) is 8.77. The fourth-order valence-corrected chi connectivity index (χ4v) is 2.96. The Hall–Kier alpha value is -3.46. The number of esters is 1. The van der Waals surface area contributed by atoms with Crippen LogP contribution in [0.3, 0.4) is 0 Å². The summed E-state index contributed by atoms with van der Waals surface area (Å²) in [5.41, 5.74) is -0.863. The second-order valence-electron chi connectivity index (χ2n) is 6.13. The number of benzene rings is 2. The number of hydrogen-bond donors (Lipinski definition) is 1. The SMILES string of the molecule is COC(=O)[C@](C#N)(c1ccccc1)[C@@H](C)CC(=O)NC(=O)c1ccccc1. The average molecular weight is 364 g/mol. The van der Waals surface area contributed by atoms with Crippen molar-refractivity contribution >= 4 is 17.8 Å². The largest absolute Gasteiger partial charge is 0.468 e. The second-order valence-corrected chi connectivity index (χ2v) is 6.13. The van der Waals surface area contributed by atoms with E-state index in [1.807, 2.05) is 6.07 Å². The number of methoxy groups -OCH3 is 1. The van der Waals surface area contributed by atoms with E-state index in [0.29, 0.717) is 11.1 Å². The van der Waals surface area contributed by atoms with E-state index in [0.717, 1.165) is 0 Å². The lowest BCUT2D eigenvalue weighted by Crippen LogP contribution is -2.44. The summed E-state index contributed by atoms with van der Waals surface area (Å²) in [6, 6.07) is 18.8. The van der Waals surface area contributed by atoms with Crippen LogP contribution < -0.4 is 5.32 Å². The molecule has 0 unspecified atom stereocenters. The summed E-state index contributed by atoms with van der Waals surface area (Å²) in [5.74, 6) is -2.57. The Morgan fingerprint density at radius 1 is 1.07 bits per heavy atom. The first-order chi connectivity index (χ1) is 13.0. The molecule has 1 N–H and O–H groups in total. The molecular weight excluding hydrogens is 344 g/mol. The van der Waals surface area contributed by atoms with Crippen molar-refractivity contribution in [2.45, 2.75) is 18.8 Å². The van der Waals surface area contributed by atoms with Crippen molar-refractivity contribution in [2.24, 2.45) is 5.92 Å². The van der Waals surface area contributed by atoms with E-state index in [-0.39, 0.29) is 6.42 Å². The van der Waals surface area contributed by atoms with E-state index in [2.05, 4.69) is 5.32 Å². The molecule has 0 bridgehead atoms. The van der Waals surface area contributed by atoms with Crippen LogP contribution in [-0.2, 0) is 19.7 Å². The van der Waals surface area contributed by atoms with Crippen LogP contribution in [0, 0.1) is 17.2 Å². The molecule has 0 aliphatic carbocycles. The number of nitriles is 1. The topological polar surface area (TPSA) is 96.3 Å². The van der Waals surface area contributed by atoms with Crippen LogP contribution in [0.5, 0.6) is 0 Å². The molecule has 6 heteroatoms. The normalized spacial score (nSPS) is 13.5. The van der Waals surface area contributed by atoms with Crippen LogP contribution in [0.4, 0.5) is 0 Å². The molecule has 2 amide bonds. The number of nitrogens with zero attached hydrogens (tertiary/aromatic N) is 1. The zero-order valence-electron chi connectivity index (χ0n) is 15.1. The summed E-state index contributed by atoms with van der Waals surface area (Å²) in [6.07, 6.45) is -0.198.